The first-order valence-electron chi connectivity index (χ1n) is 8.01. The lowest BCUT2D eigenvalue weighted by Gasteiger charge is -2.06. The van der Waals surface area contributed by atoms with Crippen molar-refractivity contribution >= 4 is 18.0 Å². The van der Waals surface area contributed by atoms with Gasteiger partial charge in [-0.15, -0.1) is 0 Å². The van der Waals surface area contributed by atoms with Crippen LogP contribution in [0.3, 0.4) is 0 Å². The van der Waals surface area contributed by atoms with Gasteiger partial charge in [0.2, 0.25) is 0 Å². The third-order valence-electron chi connectivity index (χ3n) is 3.73. The van der Waals surface area contributed by atoms with Crippen molar-refractivity contribution in [1.82, 2.24) is 5.32 Å². The number of hydrogen-bond acceptors (Lipinski definition) is 3. The fourth-order valence-corrected chi connectivity index (χ4v) is 2.46. The zero-order valence-corrected chi connectivity index (χ0v) is 14.1. The molecule has 26 heavy (non-hydrogen) atoms. The zero-order valence-electron chi connectivity index (χ0n) is 14.1. The van der Waals surface area contributed by atoms with E-state index in [9.17, 15) is 14.7 Å². The van der Waals surface area contributed by atoms with Crippen molar-refractivity contribution in [3.63, 3.8) is 0 Å². The quantitative estimate of drug-likeness (QED) is 0.681. The van der Waals surface area contributed by atoms with E-state index in [-0.39, 0.29) is 5.70 Å². The van der Waals surface area contributed by atoms with Crippen LogP contribution in [0.1, 0.15) is 21.7 Å². The number of hydrogen-bond donors (Lipinski definition) is 2. The van der Waals surface area contributed by atoms with Gasteiger partial charge < -0.3 is 14.8 Å². The molecule has 0 aliphatic rings. The summed E-state index contributed by atoms with van der Waals surface area (Å²) in [5, 5.41) is 11.8. The number of amides is 1. The topological polar surface area (TPSA) is 79.5 Å². The van der Waals surface area contributed by atoms with Crippen LogP contribution in [-0.4, -0.2) is 17.0 Å². The van der Waals surface area contributed by atoms with E-state index >= 15 is 0 Å². The third kappa shape index (κ3) is 4.08. The summed E-state index contributed by atoms with van der Waals surface area (Å²) in [6, 6.07) is 19.8. The maximum atomic E-state index is 12.3. The molecule has 2 aromatic carbocycles. The Morgan fingerprint density at radius 1 is 1.00 bits per heavy atom. The normalized spacial score (nSPS) is 11.2. The van der Waals surface area contributed by atoms with Crippen molar-refractivity contribution in [2.75, 3.05) is 0 Å². The Morgan fingerprint density at radius 2 is 1.77 bits per heavy atom. The van der Waals surface area contributed by atoms with Gasteiger partial charge in [-0.3, -0.25) is 4.79 Å². The van der Waals surface area contributed by atoms with Gasteiger partial charge in [0.1, 0.15) is 17.2 Å². The molecule has 5 nitrogen and oxygen atoms in total. The van der Waals surface area contributed by atoms with Crippen molar-refractivity contribution < 1.29 is 19.1 Å². The molecule has 0 aliphatic heterocycles. The molecule has 2 N–H and O–H groups in total. The molecule has 1 amide bonds. The second-order valence-electron chi connectivity index (χ2n) is 5.75. The first-order chi connectivity index (χ1) is 12.5. The van der Waals surface area contributed by atoms with Gasteiger partial charge in [0, 0.05) is 17.2 Å². The Hall–Kier alpha value is -3.60. The van der Waals surface area contributed by atoms with E-state index in [1.165, 1.54) is 6.08 Å². The zero-order chi connectivity index (χ0) is 18.5. The summed E-state index contributed by atoms with van der Waals surface area (Å²) in [5.41, 5.74) is 1.93. The Kier molecular flexibility index (Phi) is 4.99. The van der Waals surface area contributed by atoms with Gasteiger partial charge in [-0.25, -0.2) is 4.79 Å². The molecular weight excluding hydrogens is 330 g/mol. The maximum Gasteiger partial charge on any atom is 0.352 e. The Balaban J connectivity index is 1.83. The van der Waals surface area contributed by atoms with E-state index in [0.717, 1.165) is 11.1 Å². The summed E-state index contributed by atoms with van der Waals surface area (Å²) in [4.78, 5) is 23.8. The average molecular weight is 347 g/mol. The fraction of sp³-hybridized carbons (Fsp3) is 0.0476. The van der Waals surface area contributed by atoms with Crippen molar-refractivity contribution in [3.8, 4) is 11.3 Å². The standard InChI is InChI=1S/C21H17NO4/c1-14-6-5-9-16(12-14)20(23)22-18(21(24)25)13-17-10-11-19(26-17)15-7-3-2-4-8-15/h2-13H,1H3,(H,22,23)(H,24,25)/b18-13-. The minimum Gasteiger partial charge on any atom is -0.477 e. The number of carbonyl (C=O) groups excluding carboxylic acids is 1. The molecule has 0 unspecified atom stereocenters. The average Bonchev–Trinajstić information content (AvgIpc) is 3.10. The van der Waals surface area contributed by atoms with Gasteiger partial charge in [0.15, 0.2) is 0 Å². The molecule has 0 bridgehead atoms. The van der Waals surface area contributed by atoms with Crippen molar-refractivity contribution in [1.29, 1.82) is 0 Å². The van der Waals surface area contributed by atoms with Crippen LogP contribution in [0.2, 0.25) is 0 Å². The number of aryl methyl sites for hydroxylation is 1. The number of aliphatic carboxylic acids is 1. The molecule has 5 heteroatoms. The molecule has 0 saturated carbocycles. The van der Waals surface area contributed by atoms with Gasteiger partial charge in [0.25, 0.3) is 5.91 Å². The number of carboxylic acids is 1. The van der Waals surface area contributed by atoms with Gasteiger partial charge >= 0.3 is 5.97 Å². The lowest BCUT2D eigenvalue weighted by atomic mass is 10.1. The molecule has 0 saturated heterocycles. The summed E-state index contributed by atoms with van der Waals surface area (Å²) >= 11 is 0. The van der Waals surface area contributed by atoms with Crippen molar-refractivity contribution in [3.05, 3.63) is 89.3 Å². The van der Waals surface area contributed by atoms with E-state index in [1.807, 2.05) is 43.3 Å². The van der Waals surface area contributed by atoms with Crippen LogP contribution in [0.4, 0.5) is 0 Å². The third-order valence-corrected chi connectivity index (χ3v) is 3.73. The van der Waals surface area contributed by atoms with Crippen molar-refractivity contribution in [2.45, 2.75) is 6.92 Å². The van der Waals surface area contributed by atoms with Crippen LogP contribution in [0.15, 0.2) is 76.8 Å². The number of carboxylic acid groups (broad SMARTS) is 1. The van der Waals surface area contributed by atoms with E-state index < -0.39 is 11.9 Å². The van der Waals surface area contributed by atoms with Crippen molar-refractivity contribution in [2.24, 2.45) is 0 Å². The smallest absolute Gasteiger partial charge is 0.352 e. The molecule has 3 rings (SSSR count). The Bertz CT molecular complexity index is 970. The lowest BCUT2D eigenvalue weighted by molar-refractivity contribution is -0.132. The number of nitrogens with one attached hydrogen (secondary N) is 1. The lowest BCUT2D eigenvalue weighted by Crippen LogP contribution is -2.27. The molecular formula is C21H17NO4. The predicted octanol–water partition coefficient (Wildman–Crippen LogP) is 4.11. The molecule has 130 valence electrons. The van der Waals surface area contributed by atoms with Gasteiger partial charge in [0.05, 0.1) is 0 Å². The molecule has 0 radical (unpaired) electrons. The minimum atomic E-state index is -1.25. The summed E-state index contributed by atoms with van der Waals surface area (Å²) < 4.78 is 5.67. The SMILES string of the molecule is Cc1cccc(C(=O)N/C(=C\c2ccc(-c3ccccc3)o2)C(=O)O)c1. The fourth-order valence-electron chi connectivity index (χ4n) is 2.46. The minimum absolute atomic E-state index is 0.259. The number of furan rings is 1. The molecule has 3 aromatic rings. The summed E-state index contributed by atoms with van der Waals surface area (Å²) in [7, 11) is 0. The largest absolute Gasteiger partial charge is 0.477 e. The van der Waals surface area contributed by atoms with Gasteiger partial charge in [-0.2, -0.15) is 0 Å². The van der Waals surface area contributed by atoms with Crippen LogP contribution >= 0.6 is 0 Å². The molecule has 0 atom stereocenters. The molecule has 1 aromatic heterocycles. The molecule has 0 aliphatic carbocycles. The highest BCUT2D eigenvalue weighted by molar-refractivity contribution is 6.02. The van der Waals surface area contributed by atoms with Crippen LogP contribution in [0.25, 0.3) is 17.4 Å². The van der Waals surface area contributed by atoms with Crippen LogP contribution < -0.4 is 5.32 Å². The highest BCUT2D eigenvalue weighted by Crippen LogP contribution is 2.23. The molecule has 0 fully saturated rings. The maximum absolute atomic E-state index is 12.3. The highest BCUT2D eigenvalue weighted by Gasteiger charge is 2.14. The molecule has 1 heterocycles. The monoisotopic (exact) mass is 347 g/mol. The number of benzene rings is 2. The summed E-state index contributed by atoms with van der Waals surface area (Å²) in [6.45, 7) is 1.86. The van der Waals surface area contributed by atoms with Crippen LogP contribution in [-0.2, 0) is 4.79 Å². The number of rotatable bonds is 5. The Morgan fingerprint density at radius 3 is 2.46 bits per heavy atom. The second-order valence-corrected chi connectivity index (χ2v) is 5.75. The van der Waals surface area contributed by atoms with Crippen LogP contribution in [0, 0.1) is 6.92 Å². The summed E-state index contributed by atoms with van der Waals surface area (Å²) in [6.07, 6.45) is 1.29. The summed E-state index contributed by atoms with van der Waals surface area (Å²) in [5.74, 6) is -0.779. The van der Waals surface area contributed by atoms with Gasteiger partial charge in [-0.1, -0.05) is 48.0 Å². The second kappa shape index (κ2) is 7.53. The van der Waals surface area contributed by atoms with E-state index in [4.69, 9.17) is 4.42 Å². The van der Waals surface area contributed by atoms with E-state index in [0.29, 0.717) is 17.1 Å². The first kappa shape index (κ1) is 17.2. The van der Waals surface area contributed by atoms with Crippen LogP contribution in [0.5, 0.6) is 0 Å². The highest BCUT2D eigenvalue weighted by atomic mass is 16.4. The van der Waals surface area contributed by atoms with E-state index in [1.54, 1.807) is 30.3 Å². The number of carbonyl (C=O) groups is 2. The predicted molar refractivity (Wildman–Crippen MR) is 98.4 cm³/mol. The Labute approximate surface area is 150 Å². The van der Waals surface area contributed by atoms with E-state index in [2.05, 4.69) is 5.32 Å². The van der Waals surface area contributed by atoms with Gasteiger partial charge in [-0.05, 0) is 31.2 Å². The molecule has 0 spiro atoms. The first-order valence-corrected chi connectivity index (χ1v) is 8.01.